The average Bonchev–Trinajstić information content (AvgIpc) is 2.60. The summed E-state index contributed by atoms with van der Waals surface area (Å²) < 4.78 is 4.93. The minimum absolute atomic E-state index is 0.0906. The van der Waals surface area contributed by atoms with Crippen molar-refractivity contribution in [2.75, 3.05) is 7.11 Å². The smallest absolute Gasteiger partial charge is 0.326 e. The van der Waals surface area contributed by atoms with Gasteiger partial charge in [-0.25, -0.2) is 0 Å². The van der Waals surface area contributed by atoms with E-state index in [0.29, 0.717) is 12.0 Å². The lowest BCUT2D eigenvalue weighted by atomic mass is 9.94. The molecule has 0 amide bonds. The second kappa shape index (κ2) is 4.97. The molecule has 3 heteroatoms. The van der Waals surface area contributed by atoms with E-state index in [1.54, 1.807) is 0 Å². The molecule has 0 aromatic rings. The number of rotatable bonds is 4. The molecule has 1 rings (SSSR count). The first-order valence-electron chi connectivity index (χ1n) is 5.90. The highest BCUT2D eigenvalue weighted by Gasteiger charge is 2.45. The Balaban J connectivity index is 2.74. The molecule has 1 aliphatic carbocycles. The van der Waals surface area contributed by atoms with Crippen molar-refractivity contribution >= 4 is 5.97 Å². The Bertz CT molecular complexity index is 228. The van der Waals surface area contributed by atoms with Gasteiger partial charge in [0.25, 0.3) is 0 Å². The van der Waals surface area contributed by atoms with Gasteiger partial charge in [-0.2, -0.15) is 0 Å². The normalized spacial score (nSPS) is 30.9. The Morgan fingerprint density at radius 3 is 2.67 bits per heavy atom. The third-order valence-electron chi connectivity index (χ3n) is 3.33. The van der Waals surface area contributed by atoms with Crippen LogP contribution in [0.2, 0.25) is 0 Å². The van der Waals surface area contributed by atoms with Crippen LogP contribution in [0.4, 0.5) is 0 Å². The molecule has 3 nitrogen and oxygen atoms in total. The van der Waals surface area contributed by atoms with Crippen LogP contribution >= 0.6 is 0 Å². The van der Waals surface area contributed by atoms with Crippen LogP contribution in [-0.4, -0.2) is 24.7 Å². The largest absolute Gasteiger partial charge is 0.468 e. The lowest BCUT2D eigenvalue weighted by Gasteiger charge is -2.30. The number of hydrogen-bond donors (Lipinski definition) is 1. The van der Waals surface area contributed by atoms with Crippen molar-refractivity contribution in [3.8, 4) is 0 Å². The van der Waals surface area contributed by atoms with Crippen molar-refractivity contribution in [3.63, 3.8) is 0 Å². The molecule has 0 spiro atoms. The second-order valence-corrected chi connectivity index (χ2v) is 4.89. The van der Waals surface area contributed by atoms with Gasteiger partial charge in [0.05, 0.1) is 7.11 Å². The van der Waals surface area contributed by atoms with E-state index in [-0.39, 0.29) is 5.97 Å². The Labute approximate surface area is 92.6 Å². The first-order valence-corrected chi connectivity index (χ1v) is 5.90. The standard InChI is InChI=1S/C12H23NO2/c1-5-10-6-7-12(8-10,11(14)15-4)13-9(2)3/h9-10,13H,5-8H2,1-4H3. The lowest BCUT2D eigenvalue weighted by molar-refractivity contribution is -0.148. The maximum absolute atomic E-state index is 11.8. The predicted octanol–water partition coefficient (Wildman–Crippen LogP) is 2.11. The quantitative estimate of drug-likeness (QED) is 0.727. The fraction of sp³-hybridized carbons (Fsp3) is 0.917. The van der Waals surface area contributed by atoms with Gasteiger partial charge in [0.1, 0.15) is 5.54 Å². The fourth-order valence-corrected chi connectivity index (χ4v) is 2.62. The van der Waals surface area contributed by atoms with E-state index in [9.17, 15) is 4.79 Å². The molecule has 15 heavy (non-hydrogen) atoms. The van der Waals surface area contributed by atoms with Gasteiger partial charge in [-0.1, -0.05) is 13.3 Å². The summed E-state index contributed by atoms with van der Waals surface area (Å²) in [6, 6.07) is 0.319. The van der Waals surface area contributed by atoms with Gasteiger partial charge in [-0.15, -0.1) is 0 Å². The highest BCUT2D eigenvalue weighted by molar-refractivity contribution is 5.81. The zero-order valence-electron chi connectivity index (χ0n) is 10.3. The zero-order chi connectivity index (χ0) is 11.5. The summed E-state index contributed by atoms with van der Waals surface area (Å²) in [4.78, 5) is 11.8. The monoisotopic (exact) mass is 213 g/mol. The molecule has 2 atom stereocenters. The number of methoxy groups -OCH3 is 1. The van der Waals surface area contributed by atoms with Crippen molar-refractivity contribution in [2.24, 2.45) is 5.92 Å². The average molecular weight is 213 g/mol. The zero-order valence-corrected chi connectivity index (χ0v) is 10.3. The van der Waals surface area contributed by atoms with Crippen LogP contribution in [0.15, 0.2) is 0 Å². The number of ether oxygens (including phenoxy) is 1. The third-order valence-corrected chi connectivity index (χ3v) is 3.33. The topological polar surface area (TPSA) is 38.3 Å². The van der Waals surface area contributed by atoms with E-state index in [4.69, 9.17) is 4.74 Å². The molecule has 0 saturated heterocycles. The molecule has 0 heterocycles. The Morgan fingerprint density at radius 1 is 1.60 bits per heavy atom. The van der Waals surface area contributed by atoms with Crippen LogP contribution in [0, 0.1) is 5.92 Å². The number of hydrogen-bond acceptors (Lipinski definition) is 3. The first kappa shape index (κ1) is 12.5. The molecule has 0 bridgehead atoms. The number of carbonyl (C=O) groups excluding carboxylic acids is 1. The Morgan fingerprint density at radius 2 is 2.27 bits per heavy atom. The van der Waals surface area contributed by atoms with Crippen molar-refractivity contribution in [1.29, 1.82) is 0 Å². The summed E-state index contributed by atoms with van der Waals surface area (Å²) in [5, 5.41) is 3.40. The molecule has 0 radical (unpaired) electrons. The van der Waals surface area contributed by atoms with Gasteiger partial charge in [-0.05, 0) is 39.0 Å². The van der Waals surface area contributed by atoms with Gasteiger partial charge >= 0.3 is 5.97 Å². The molecule has 1 saturated carbocycles. The molecule has 88 valence electrons. The second-order valence-electron chi connectivity index (χ2n) is 4.89. The molecule has 1 N–H and O–H groups in total. The number of carbonyl (C=O) groups is 1. The van der Waals surface area contributed by atoms with Gasteiger partial charge in [-0.3, -0.25) is 10.1 Å². The van der Waals surface area contributed by atoms with Crippen molar-refractivity contribution in [3.05, 3.63) is 0 Å². The molecule has 2 unspecified atom stereocenters. The molecule has 1 aliphatic rings. The minimum Gasteiger partial charge on any atom is -0.468 e. The maximum atomic E-state index is 11.8. The third kappa shape index (κ3) is 2.71. The summed E-state index contributed by atoms with van der Waals surface area (Å²) in [6.07, 6.45) is 4.12. The lowest BCUT2D eigenvalue weighted by Crippen LogP contribution is -2.53. The van der Waals surface area contributed by atoms with Crippen molar-refractivity contribution in [1.82, 2.24) is 5.32 Å². The Kier molecular flexibility index (Phi) is 4.14. The van der Waals surface area contributed by atoms with E-state index < -0.39 is 5.54 Å². The van der Waals surface area contributed by atoms with E-state index >= 15 is 0 Å². The SMILES string of the molecule is CCC1CCC(NC(C)C)(C(=O)OC)C1. The molecule has 0 aliphatic heterocycles. The number of esters is 1. The van der Waals surface area contributed by atoms with Crippen molar-refractivity contribution < 1.29 is 9.53 Å². The van der Waals surface area contributed by atoms with Gasteiger partial charge in [0, 0.05) is 6.04 Å². The van der Waals surface area contributed by atoms with E-state index in [1.165, 1.54) is 7.11 Å². The summed E-state index contributed by atoms with van der Waals surface area (Å²) in [7, 11) is 1.48. The van der Waals surface area contributed by atoms with E-state index in [0.717, 1.165) is 25.7 Å². The van der Waals surface area contributed by atoms with Gasteiger partial charge < -0.3 is 4.74 Å². The van der Waals surface area contributed by atoms with Crippen molar-refractivity contribution in [2.45, 2.75) is 58.0 Å². The van der Waals surface area contributed by atoms with Crippen LogP contribution in [0.1, 0.15) is 46.5 Å². The Hall–Kier alpha value is -0.570. The number of nitrogens with one attached hydrogen (secondary N) is 1. The van der Waals surface area contributed by atoms with Gasteiger partial charge in [0.2, 0.25) is 0 Å². The predicted molar refractivity (Wildman–Crippen MR) is 60.7 cm³/mol. The molecule has 1 fully saturated rings. The first-order chi connectivity index (χ1) is 7.04. The van der Waals surface area contributed by atoms with Crippen LogP contribution in [0.3, 0.4) is 0 Å². The maximum Gasteiger partial charge on any atom is 0.326 e. The summed E-state index contributed by atoms with van der Waals surface area (Å²) >= 11 is 0. The van der Waals surface area contributed by atoms with Crippen LogP contribution in [0.5, 0.6) is 0 Å². The van der Waals surface area contributed by atoms with Crippen LogP contribution < -0.4 is 5.32 Å². The summed E-state index contributed by atoms with van der Waals surface area (Å²) in [5.74, 6) is 0.572. The molecular formula is C12H23NO2. The summed E-state index contributed by atoms with van der Waals surface area (Å²) in [6.45, 7) is 6.33. The van der Waals surface area contributed by atoms with E-state index in [1.807, 2.05) is 0 Å². The summed E-state index contributed by atoms with van der Waals surface area (Å²) in [5.41, 5.74) is -0.413. The highest BCUT2D eigenvalue weighted by atomic mass is 16.5. The van der Waals surface area contributed by atoms with E-state index in [2.05, 4.69) is 26.1 Å². The molecule has 0 aromatic carbocycles. The fourth-order valence-electron chi connectivity index (χ4n) is 2.62. The highest BCUT2D eigenvalue weighted by Crippen LogP contribution is 2.37. The van der Waals surface area contributed by atoms with Crippen LogP contribution in [-0.2, 0) is 9.53 Å². The van der Waals surface area contributed by atoms with Crippen LogP contribution in [0.25, 0.3) is 0 Å². The molecule has 0 aromatic heterocycles. The molecular weight excluding hydrogens is 190 g/mol. The van der Waals surface area contributed by atoms with Gasteiger partial charge in [0.15, 0.2) is 0 Å². The minimum atomic E-state index is -0.413.